The molecule has 0 aromatic carbocycles. The Balaban J connectivity index is 0. The summed E-state index contributed by atoms with van der Waals surface area (Å²) in [7, 11) is 3.49. The number of rotatable bonds is 1. The third-order valence-corrected chi connectivity index (χ3v) is 2.38. The second-order valence-electron chi connectivity index (χ2n) is 4.07. The van der Waals surface area contributed by atoms with Crippen molar-refractivity contribution in [2.24, 2.45) is 14.1 Å². The molecule has 0 unspecified atom stereocenters. The summed E-state index contributed by atoms with van der Waals surface area (Å²) in [6.07, 6.45) is 3.19. The molecule has 0 spiro atoms. The summed E-state index contributed by atoms with van der Waals surface area (Å²) in [5.74, 6) is -0.925. The van der Waals surface area contributed by atoms with Crippen molar-refractivity contribution >= 4 is 43.2 Å². The van der Waals surface area contributed by atoms with Gasteiger partial charge in [0.15, 0.2) is 0 Å². The zero-order valence-electron chi connectivity index (χ0n) is 12.8. The van der Waals surface area contributed by atoms with Crippen LogP contribution in [-0.4, -0.2) is 30.6 Å². The molecule has 2 heterocycles. The SMILES string of the molecule is Cc1nn(C)cc1C#N.Cc1nn(C)cc1C(=O)O.I[I-]I.[V]. The zero-order valence-corrected chi connectivity index (χ0v) is 20.7. The van der Waals surface area contributed by atoms with Crippen LogP contribution in [0.2, 0.25) is 0 Å². The van der Waals surface area contributed by atoms with Crippen LogP contribution in [0.15, 0.2) is 12.4 Å². The molecule has 0 fully saturated rings. The average Bonchev–Trinajstić information content (AvgIpc) is 2.92. The van der Waals surface area contributed by atoms with Crippen molar-refractivity contribution in [2.75, 3.05) is 0 Å². The largest absolute Gasteiger partial charge is 0 e. The van der Waals surface area contributed by atoms with Gasteiger partial charge in [-0.25, -0.2) is 4.79 Å². The minimum Gasteiger partial charge on any atom is 0 e. The minimum absolute atomic E-state index is 0. The van der Waals surface area contributed by atoms with Crippen LogP contribution in [0, 0.1) is 25.2 Å². The van der Waals surface area contributed by atoms with Gasteiger partial charge in [0.2, 0.25) is 0 Å². The number of hydrogen-bond acceptors (Lipinski definition) is 4. The van der Waals surface area contributed by atoms with Gasteiger partial charge in [-0.05, 0) is 13.8 Å². The van der Waals surface area contributed by atoms with Gasteiger partial charge in [0.1, 0.15) is 11.6 Å². The summed E-state index contributed by atoms with van der Waals surface area (Å²) in [4.78, 5) is 10.4. The summed E-state index contributed by atoms with van der Waals surface area (Å²) in [6, 6.07) is 2.03. The van der Waals surface area contributed by atoms with Crippen LogP contribution in [0.5, 0.6) is 0 Å². The zero-order chi connectivity index (χ0) is 17.3. The molecule has 0 bridgehead atoms. The van der Waals surface area contributed by atoms with Crippen molar-refractivity contribution in [3.8, 4) is 6.07 Å². The standard InChI is InChI=1S/C6H7N3.C6H8N2O2.I3.V/c1-5-6(3-7)4-9(2)8-5;1-4-5(6(9)10)3-8(2)7-4;1-3-2;/h4H,1-2H3;3H,1-2H3,(H,9,10);;/q;;-1;. The second-order valence-corrected chi connectivity index (χ2v) is 20.3. The van der Waals surface area contributed by atoms with Gasteiger partial charge in [0.25, 0.3) is 0 Å². The Morgan fingerprint density at radius 1 is 1.22 bits per heavy atom. The first-order valence-corrected chi connectivity index (χ1v) is 18.3. The predicted molar refractivity (Wildman–Crippen MR) is 95.6 cm³/mol. The molecule has 0 atom stereocenters. The monoisotopic (exact) mass is 693 g/mol. The van der Waals surface area contributed by atoms with Gasteiger partial charge in [-0.3, -0.25) is 9.36 Å². The van der Waals surface area contributed by atoms with E-state index in [9.17, 15) is 4.79 Å². The molecule has 2 aromatic heterocycles. The van der Waals surface area contributed by atoms with E-state index in [0.717, 1.165) is 5.69 Å². The summed E-state index contributed by atoms with van der Waals surface area (Å²) in [6.45, 7) is 3.49. The topological polar surface area (TPSA) is 96.7 Å². The summed E-state index contributed by atoms with van der Waals surface area (Å²) in [5, 5.41) is 24.8. The molecule has 1 N–H and O–H groups in total. The molecule has 0 aliphatic rings. The van der Waals surface area contributed by atoms with Gasteiger partial charge in [-0.2, -0.15) is 15.5 Å². The fourth-order valence-corrected chi connectivity index (χ4v) is 1.52. The van der Waals surface area contributed by atoms with Crippen molar-refractivity contribution in [2.45, 2.75) is 13.8 Å². The Morgan fingerprint density at radius 2 is 1.65 bits per heavy atom. The summed E-state index contributed by atoms with van der Waals surface area (Å²) >= 11 is 5.30. The number of aromatic carboxylic acids is 1. The van der Waals surface area contributed by atoms with Gasteiger partial charge >= 0.3 is 56.5 Å². The number of nitriles is 1. The molecule has 2 aromatic rings. The number of nitrogens with zero attached hydrogens (tertiary/aromatic N) is 5. The first kappa shape index (κ1) is 25.4. The number of carboxylic acid groups (broad SMARTS) is 1. The quantitative estimate of drug-likeness (QED) is 0.418. The van der Waals surface area contributed by atoms with Crippen molar-refractivity contribution in [3.05, 3.63) is 34.9 Å². The Labute approximate surface area is 176 Å². The molecule has 0 saturated heterocycles. The third-order valence-electron chi connectivity index (χ3n) is 2.38. The van der Waals surface area contributed by atoms with E-state index >= 15 is 0 Å². The van der Waals surface area contributed by atoms with E-state index in [2.05, 4.69) is 47.4 Å². The number of hydrogen-bond donors (Lipinski definition) is 1. The van der Waals surface area contributed by atoms with Crippen LogP contribution < -0.4 is 13.3 Å². The van der Waals surface area contributed by atoms with Crippen molar-refractivity contribution in [3.63, 3.8) is 0 Å². The molecular weight excluding hydrogens is 678 g/mol. The van der Waals surface area contributed by atoms with Crippen LogP contribution >= 0.6 is 37.2 Å². The molecule has 127 valence electrons. The number of aromatic nitrogens is 4. The number of aryl methyl sites for hydroxylation is 4. The van der Waals surface area contributed by atoms with Crippen LogP contribution in [0.3, 0.4) is 0 Å². The Morgan fingerprint density at radius 3 is 1.83 bits per heavy atom. The van der Waals surface area contributed by atoms with E-state index in [4.69, 9.17) is 10.4 Å². The maximum Gasteiger partial charge on any atom is 0 e. The molecule has 1 radical (unpaired) electrons. The molecule has 0 aliphatic carbocycles. The van der Waals surface area contributed by atoms with E-state index in [0.29, 0.717) is 24.5 Å². The van der Waals surface area contributed by atoms with E-state index < -0.39 is 5.97 Å². The molecule has 0 amide bonds. The van der Waals surface area contributed by atoms with E-state index in [1.165, 1.54) is 10.9 Å². The van der Waals surface area contributed by atoms with Gasteiger partial charge in [0.05, 0.1) is 17.0 Å². The smallest absolute Gasteiger partial charge is 0 e. The van der Waals surface area contributed by atoms with Gasteiger partial charge in [-0.15, -0.1) is 0 Å². The first-order chi connectivity index (χ1) is 10.3. The fraction of sp³-hybridized carbons (Fsp3) is 0.333. The second kappa shape index (κ2) is 13.4. The maximum atomic E-state index is 10.4. The molecule has 7 nitrogen and oxygen atoms in total. The third kappa shape index (κ3) is 9.90. The van der Waals surface area contributed by atoms with Crippen LogP contribution in [-0.2, 0) is 32.7 Å². The van der Waals surface area contributed by atoms with Crippen molar-refractivity contribution in [1.82, 2.24) is 19.6 Å². The summed E-state index contributed by atoms with van der Waals surface area (Å²) in [5.41, 5.74) is 2.26. The van der Waals surface area contributed by atoms with Crippen molar-refractivity contribution < 1.29 is 41.7 Å². The molecule has 11 heteroatoms. The van der Waals surface area contributed by atoms with E-state index in [1.807, 2.05) is 13.0 Å². The van der Waals surface area contributed by atoms with Crippen LogP contribution in [0.4, 0.5) is 0 Å². The van der Waals surface area contributed by atoms with Gasteiger partial charge < -0.3 is 5.11 Å². The van der Waals surface area contributed by atoms with E-state index in [-0.39, 0.29) is 24.1 Å². The number of carbonyl (C=O) groups is 1. The maximum absolute atomic E-state index is 10.4. The van der Waals surface area contributed by atoms with Crippen molar-refractivity contribution in [1.29, 1.82) is 5.26 Å². The van der Waals surface area contributed by atoms with Gasteiger partial charge in [0, 0.05) is 45.0 Å². The number of carboxylic acids is 1. The average molecular weight is 693 g/mol. The fourth-order valence-electron chi connectivity index (χ4n) is 1.52. The Kier molecular flexibility index (Phi) is 14.8. The van der Waals surface area contributed by atoms with E-state index in [1.54, 1.807) is 31.9 Å². The normalized spacial score (nSPS) is 8.74. The number of halogens is 3. The summed E-state index contributed by atoms with van der Waals surface area (Å²) < 4.78 is 3.12. The van der Waals surface area contributed by atoms with Crippen LogP contribution in [0.25, 0.3) is 0 Å². The molecule has 0 aliphatic heterocycles. The predicted octanol–water partition coefficient (Wildman–Crippen LogP) is -0.200. The van der Waals surface area contributed by atoms with Crippen LogP contribution in [0.1, 0.15) is 27.3 Å². The molecule has 2 rings (SSSR count). The minimum atomic E-state index is -0.925. The molecule has 0 saturated carbocycles. The van der Waals surface area contributed by atoms with Gasteiger partial charge in [-0.1, -0.05) is 0 Å². The molecular formula is C12H15I3N5O2V-. The molecule has 23 heavy (non-hydrogen) atoms. The Hall–Kier alpha value is 0.154. The first-order valence-electron chi connectivity index (χ1n) is 5.77. The Bertz CT molecular complexity index is 666.